The lowest BCUT2D eigenvalue weighted by atomic mass is 9.92. The molecule has 0 unspecified atom stereocenters. The van der Waals surface area contributed by atoms with Gasteiger partial charge in [0.15, 0.2) is 0 Å². The Morgan fingerprint density at radius 1 is 0.871 bits per heavy atom. The molecule has 6 heteroatoms. The van der Waals surface area contributed by atoms with E-state index in [0.717, 1.165) is 39.2 Å². The van der Waals surface area contributed by atoms with Crippen molar-refractivity contribution in [3.63, 3.8) is 0 Å². The average molecular weight is 419 g/mol. The zero-order chi connectivity index (χ0) is 22.0. The number of ether oxygens (including phenoxy) is 1. The Hall–Kier alpha value is -3.80. The van der Waals surface area contributed by atoms with E-state index in [1.165, 1.54) is 7.11 Å². The summed E-state index contributed by atoms with van der Waals surface area (Å²) in [4.78, 5) is 25.1. The van der Waals surface area contributed by atoms with Crippen molar-refractivity contribution in [2.24, 2.45) is 0 Å². The number of nitrogens with one attached hydrogen (secondary N) is 1. The Morgan fingerprint density at radius 2 is 1.42 bits per heavy atom. The van der Waals surface area contributed by atoms with Gasteiger partial charge in [-0.2, -0.15) is 0 Å². The van der Waals surface area contributed by atoms with Gasteiger partial charge < -0.3 is 10.1 Å². The molecule has 0 radical (unpaired) electrons. The van der Waals surface area contributed by atoms with Crippen LogP contribution in [0.3, 0.4) is 0 Å². The molecule has 0 saturated carbocycles. The maximum atomic E-state index is 13.5. The summed E-state index contributed by atoms with van der Waals surface area (Å²) in [7, 11) is 1.23. The molecular formula is C25H19F2NO3. The van der Waals surface area contributed by atoms with Crippen LogP contribution in [-0.2, 0) is 16.0 Å². The topological polar surface area (TPSA) is 55.4 Å². The Kier molecular flexibility index (Phi) is 5.62. The van der Waals surface area contributed by atoms with Gasteiger partial charge in [-0.05, 0) is 45.3 Å². The molecule has 4 rings (SSSR count). The van der Waals surface area contributed by atoms with E-state index in [-0.39, 0.29) is 12.0 Å². The maximum Gasteiger partial charge on any atom is 0.328 e. The molecule has 0 fully saturated rings. The van der Waals surface area contributed by atoms with Gasteiger partial charge in [-0.3, -0.25) is 4.79 Å². The fourth-order valence-electron chi connectivity index (χ4n) is 3.79. The van der Waals surface area contributed by atoms with Crippen molar-refractivity contribution in [3.05, 3.63) is 95.6 Å². The molecule has 4 nitrogen and oxygen atoms in total. The van der Waals surface area contributed by atoms with E-state index < -0.39 is 29.6 Å². The van der Waals surface area contributed by atoms with Crippen LogP contribution in [0.2, 0.25) is 0 Å². The number of rotatable bonds is 5. The number of benzene rings is 4. The Morgan fingerprint density at radius 3 is 1.97 bits per heavy atom. The molecular weight excluding hydrogens is 400 g/mol. The van der Waals surface area contributed by atoms with E-state index in [4.69, 9.17) is 4.74 Å². The molecule has 4 aromatic rings. The SMILES string of the molecule is COC(=O)[C@@H](Cc1c2ccccc2cc2ccccc12)NC(=O)c1cc(F)cc(F)c1. The van der Waals surface area contributed by atoms with E-state index in [2.05, 4.69) is 11.4 Å². The summed E-state index contributed by atoms with van der Waals surface area (Å²) < 4.78 is 32.0. The number of carbonyl (C=O) groups excluding carboxylic acids is 2. The van der Waals surface area contributed by atoms with Crippen molar-refractivity contribution >= 4 is 33.4 Å². The molecule has 0 aliphatic heterocycles. The second kappa shape index (κ2) is 8.52. The summed E-state index contributed by atoms with van der Waals surface area (Å²) in [6.45, 7) is 0. The number of hydrogen-bond donors (Lipinski definition) is 1. The highest BCUT2D eigenvalue weighted by Crippen LogP contribution is 2.29. The normalized spacial score (nSPS) is 12.0. The number of carbonyl (C=O) groups is 2. The highest BCUT2D eigenvalue weighted by molar-refractivity contribution is 6.03. The summed E-state index contributed by atoms with van der Waals surface area (Å²) in [5, 5.41) is 6.46. The minimum absolute atomic E-state index is 0.151. The van der Waals surface area contributed by atoms with Crippen LogP contribution in [-0.4, -0.2) is 25.0 Å². The molecule has 31 heavy (non-hydrogen) atoms. The standard InChI is InChI=1S/C25H19F2NO3/c1-31-25(30)23(28-24(29)17-11-18(26)13-19(27)12-17)14-22-20-8-4-2-6-15(20)10-16-7-3-5-9-21(16)22/h2-13,23H,14H2,1H3,(H,28,29)/t23-/m1/s1. The third-order valence-corrected chi connectivity index (χ3v) is 5.21. The lowest BCUT2D eigenvalue weighted by Gasteiger charge is -2.19. The van der Waals surface area contributed by atoms with Crippen LogP contribution in [0.5, 0.6) is 0 Å². The van der Waals surface area contributed by atoms with Crippen molar-refractivity contribution in [2.75, 3.05) is 7.11 Å². The summed E-state index contributed by atoms with van der Waals surface area (Å²) >= 11 is 0. The summed E-state index contributed by atoms with van der Waals surface area (Å²) in [6, 6.07) is 19.1. The van der Waals surface area contributed by atoms with Gasteiger partial charge in [-0.25, -0.2) is 13.6 Å². The van der Waals surface area contributed by atoms with Gasteiger partial charge in [-0.15, -0.1) is 0 Å². The minimum atomic E-state index is -1.04. The number of esters is 1. The van der Waals surface area contributed by atoms with E-state index in [1.807, 2.05) is 48.5 Å². The van der Waals surface area contributed by atoms with Crippen molar-refractivity contribution in [1.29, 1.82) is 0 Å². The molecule has 0 aromatic heterocycles. The molecule has 156 valence electrons. The van der Waals surface area contributed by atoms with Gasteiger partial charge in [0, 0.05) is 18.1 Å². The summed E-state index contributed by atoms with van der Waals surface area (Å²) in [5.74, 6) is -3.17. The van der Waals surface area contributed by atoms with Crippen LogP contribution in [0.25, 0.3) is 21.5 Å². The van der Waals surface area contributed by atoms with Crippen LogP contribution in [0.15, 0.2) is 72.8 Å². The maximum absolute atomic E-state index is 13.5. The van der Waals surface area contributed by atoms with Crippen molar-refractivity contribution in [2.45, 2.75) is 12.5 Å². The zero-order valence-corrected chi connectivity index (χ0v) is 16.7. The number of hydrogen-bond acceptors (Lipinski definition) is 3. The lowest BCUT2D eigenvalue weighted by molar-refractivity contribution is -0.142. The summed E-state index contributed by atoms with van der Waals surface area (Å²) in [5.41, 5.74) is 0.656. The van der Waals surface area contributed by atoms with E-state index in [1.54, 1.807) is 0 Å². The average Bonchev–Trinajstić information content (AvgIpc) is 2.77. The Bertz CT molecular complexity index is 1230. The summed E-state index contributed by atoms with van der Waals surface area (Å²) in [6.07, 6.45) is 0.151. The van der Waals surface area contributed by atoms with Gasteiger partial charge >= 0.3 is 5.97 Å². The predicted molar refractivity (Wildman–Crippen MR) is 115 cm³/mol. The van der Waals surface area contributed by atoms with E-state index >= 15 is 0 Å². The van der Waals surface area contributed by atoms with Crippen LogP contribution < -0.4 is 5.32 Å². The van der Waals surface area contributed by atoms with Crippen molar-refractivity contribution < 1.29 is 23.1 Å². The molecule has 0 aliphatic rings. The first-order chi connectivity index (χ1) is 15.0. The molecule has 1 amide bonds. The first-order valence-corrected chi connectivity index (χ1v) is 9.70. The van der Waals surface area contributed by atoms with Crippen LogP contribution in [0.4, 0.5) is 8.78 Å². The molecule has 0 heterocycles. The van der Waals surface area contributed by atoms with Gasteiger partial charge in [-0.1, -0.05) is 48.5 Å². The molecule has 1 atom stereocenters. The van der Waals surface area contributed by atoms with Crippen LogP contribution in [0, 0.1) is 11.6 Å². The molecule has 0 saturated heterocycles. The second-order valence-corrected chi connectivity index (χ2v) is 7.21. The molecule has 1 N–H and O–H groups in total. The molecule has 0 bridgehead atoms. The van der Waals surface area contributed by atoms with E-state index in [9.17, 15) is 18.4 Å². The van der Waals surface area contributed by atoms with Gasteiger partial charge in [0.1, 0.15) is 17.7 Å². The molecule has 0 spiro atoms. The van der Waals surface area contributed by atoms with Crippen molar-refractivity contribution in [1.82, 2.24) is 5.32 Å². The zero-order valence-electron chi connectivity index (χ0n) is 16.7. The molecule has 0 aliphatic carbocycles. The van der Waals surface area contributed by atoms with E-state index in [0.29, 0.717) is 6.07 Å². The fraction of sp³-hybridized carbons (Fsp3) is 0.120. The number of fused-ring (bicyclic) bond motifs is 2. The first kappa shape index (κ1) is 20.5. The largest absolute Gasteiger partial charge is 0.467 e. The highest BCUT2D eigenvalue weighted by atomic mass is 19.1. The predicted octanol–water partition coefficient (Wildman–Crippen LogP) is 4.79. The lowest BCUT2D eigenvalue weighted by Crippen LogP contribution is -2.43. The third kappa shape index (κ3) is 4.23. The quantitative estimate of drug-likeness (QED) is 0.374. The third-order valence-electron chi connectivity index (χ3n) is 5.21. The van der Waals surface area contributed by atoms with Gasteiger partial charge in [0.2, 0.25) is 0 Å². The van der Waals surface area contributed by atoms with Crippen LogP contribution >= 0.6 is 0 Å². The Balaban J connectivity index is 1.75. The first-order valence-electron chi connectivity index (χ1n) is 9.70. The van der Waals surface area contributed by atoms with Gasteiger partial charge in [0.05, 0.1) is 7.11 Å². The number of halogens is 2. The smallest absolute Gasteiger partial charge is 0.328 e. The fourth-order valence-corrected chi connectivity index (χ4v) is 3.79. The van der Waals surface area contributed by atoms with Crippen LogP contribution in [0.1, 0.15) is 15.9 Å². The van der Waals surface area contributed by atoms with Crippen molar-refractivity contribution in [3.8, 4) is 0 Å². The highest BCUT2D eigenvalue weighted by Gasteiger charge is 2.25. The monoisotopic (exact) mass is 419 g/mol. The molecule has 4 aromatic carbocycles. The van der Waals surface area contributed by atoms with Gasteiger partial charge in [0.25, 0.3) is 5.91 Å². The number of amides is 1. The second-order valence-electron chi connectivity index (χ2n) is 7.21. The minimum Gasteiger partial charge on any atom is -0.467 e. The number of methoxy groups -OCH3 is 1. The Labute approximate surface area is 177 Å².